The first-order valence-electron chi connectivity index (χ1n) is 10.7. The Morgan fingerprint density at radius 2 is 2.09 bits per heavy atom. The number of aromatic nitrogens is 2. The molecule has 2 aliphatic heterocycles. The van der Waals surface area contributed by atoms with Gasteiger partial charge in [0.25, 0.3) is 0 Å². The number of hydrogen-bond acceptors (Lipinski definition) is 8. The van der Waals surface area contributed by atoms with Gasteiger partial charge < -0.3 is 14.6 Å². The molecule has 0 bridgehead atoms. The van der Waals surface area contributed by atoms with Crippen molar-refractivity contribution in [1.29, 1.82) is 0 Å². The molecule has 2 saturated heterocycles. The zero-order chi connectivity index (χ0) is 23.8. The third-order valence-electron chi connectivity index (χ3n) is 6.47. The first-order valence-corrected chi connectivity index (χ1v) is 12.9. The van der Waals surface area contributed by atoms with Crippen molar-refractivity contribution in [2.75, 3.05) is 44.9 Å². The summed E-state index contributed by atoms with van der Waals surface area (Å²) in [6.07, 6.45) is 3.41. The molecule has 1 aromatic heterocycles. The molecule has 33 heavy (non-hydrogen) atoms. The Bertz CT molecular complexity index is 1130. The molecule has 10 nitrogen and oxygen atoms in total. The van der Waals surface area contributed by atoms with E-state index in [0.717, 1.165) is 19.3 Å². The van der Waals surface area contributed by atoms with Crippen molar-refractivity contribution in [2.45, 2.75) is 32.2 Å². The van der Waals surface area contributed by atoms with Gasteiger partial charge in [-0.15, -0.1) is 0 Å². The maximum absolute atomic E-state index is 12.9. The van der Waals surface area contributed by atoms with E-state index in [-0.39, 0.29) is 23.9 Å². The Hall–Kier alpha value is -2.21. The van der Waals surface area contributed by atoms with E-state index >= 15 is 0 Å². The fraction of sp³-hybridized carbons (Fsp3) is 0.571. The number of carbonyl (C=O) groups excluding carboxylic acids is 1. The van der Waals surface area contributed by atoms with Gasteiger partial charge in [0.2, 0.25) is 21.8 Å². The number of methoxy groups -OCH3 is 1. The summed E-state index contributed by atoms with van der Waals surface area (Å²) in [6, 6.07) is 4.86. The minimum atomic E-state index is -3.22. The Kier molecular flexibility index (Phi) is 6.68. The number of likely N-dealkylation sites (tertiary alicyclic amines) is 1. The van der Waals surface area contributed by atoms with Crippen LogP contribution in [0.25, 0.3) is 0 Å². The number of amides is 1. The van der Waals surface area contributed by atoms with Crippen LogP contribution < -0.4 is 10.1 Å². The molecule has 1 spiro atoms. The fourth-order valence-corrected chi connectivity index (χ4v) is 5.89. The summed E-state index contributed by atoms with van der Waals surface area (Å²) in [4.78, 5) is 19.3. The van der Waals surface area contributed by atoms with Gasteiger partial charge in [-0.1, -0.05) is 16.8 Å². The molecule has 12 heteroatoms. The van der Waals surface area contributed by atoms with Crippen LogP contribution in [0.2, 0.25) is 5.02 Å². The van der Waals surface area contributed by atoms with Crippen molar-refractivity contribution in [2.24, 2.45) is 5.41 Å². The highest BCUT2D eigenvalue weighted by Crippen LogP contribution is 2.48. The van der Waals surface area contributed by atoms with Gasteiger partial charge in [0.1, 0.15) is 5.75 Å². The summed E-state index contributed by atoms with van der Waals surface area (Å²) in [6.45, 7) is 3.48. The van der Waals surface area contributed by atoms with Gasteiger partial charge in [0.15, 0.2) is 5.82 Å². The number of carbonyl (C=O) groups is 1. The van der Waals surface area contributed by atoms with Crippen molar-refractivity contribution in [3.8, 4) is 5.75 Å². The molecule has 180 valence electrons. The van der Waals surface area contributed by atoms with Crippen LogP contribution in [0.1, 0.15) is 37.0 Å². The summed E-state index contributed by atoms with van der Waals surface area (Å²) >= 11 is 6.17. The molecule has 0 radical (unpaired) electrons. The molecule has 0 saturated carbocycles. The lowest BCUT2D eigenvalue weighted by atomic mass is 9.77. The van der Waals surface area contributed by atoms with Gasteiger partial charge >= 0.3 is 0 Å². The third kappa shape index (κ3) is 5.32. The van der Waals surface area contributed by atoms with Gasteiger partial charge in [-0.25, -0.2) is 12.7 Å². The second-order valence-electron chi connectivity index (χ2n) is 8.86. The molecule has 2 aromatic rings. The number of rotatable bonds is 6. The van der Waals surface area contributed by atoms with E-state index in [0.29, 0.717) is 47.8 Å². The van der Waals surface area contributed by atoms with Crippen molar-refractivity contribution in [3.63, 3.8) is 0 Å². The molecule has 1 atom stereocenters. The molecule has 3 heterocycles. The third-order valence-corrected chi connectivity index (χ3v) is 8.07. The fourth-order valence-electron chi connectivity index (χ4n) is 4.79. The lowest BCUT2D eigenvalue weighted by Gasteiger charge is -2.38. The Morgan fingerprint density at radius 3 is 2.67 bits per heavy atom. The Labute approximate surface area is 198 Å². The topological polar surface area (TPSA) is 118 Å². The van der Waals surface area contributed by atoms with Crippen molar-refractivity contribution in [3.05, 3.63) is 34.9 Å². The maximum atomic E-state index is 12.9. The monoisotopic (exact) mass is 497 g/mol. The first-order chi connectivity index (χ1) is 15.6. The van der Waals surface area contributed by atoms with Crippen molar-refractivity contribution in [1.82, 2.24) is 19.3 Å². The Morgan fingerprint density at radius 1 is 1.36 bits per heavy atom. The van der Waals surface area contributed by atoms with E-state index in [9.17, 15) is 13.2 Å². The number of anilines is 1. The average Bonchev–Trinajstić information content (AvgIpc) is 3.31. The van der Waals surface area contributed by atoms with Crippen molar-refractivity contribution >= 4 is 33.2 Å². The molecule has 1 aromatic carbocycles. The van der Waals surface area contributed by atoms with Gasteiger partial charge in [0.05, 0.1) is 31.0 Å². The minimum absolute atomic E-state index is 0.113. The predicted molar refractivity (Wildman–Crippen MR) is 123 cm³/mol. The summed E-state index contributed by atoms with van der Waals surface area (Å²) < 4.78 is 36.0. The van der Waals surface area contributed by atoms with Crippen LogP contribution >= 0.6 is 11.6 Å². The number of piperidine rings is 1. The summed E-state index contributed by atoms with van der Waals surface area (Å²) in [5.74, 6) is 1.36. The zero-order valence-electron chi connectivity index (χ0n) is 18.9. The second-order valence-corrected chi connectivity index (χ2v) is 11.3. The maximum Gasteiger partial charge on any atom is 0.244 e. The second kappa shape index (κ2) is 9.21. The van der Waals surface area contributed by atoms with Crippen LogP contribution in [0.3, 0.4) is 0 Å². The normalized spacial score (nSPS) is 21.4. The Balaban J connectivity index is 1.49. The lowest BCUT2D eigenvalue weighted by molar-refractivity contribution is -0.117. The zero-order valence-corrected chi connectivity index (χ0v) is 20.4. The van der Waals surface area contributed by atoms with E-state index in [1.165, 1.54) is 17.7 Å². The standard InChI is InChI=1S/C21H28ClN5O5S/c1-14-23-20(32-25-14)17-11-21(6-8-27(9-7-21)33(3,29)30)13-26(17)12-19(28)24-15-4-5-18(31-2)16(22)10-15/h4-5,10,17H,6-9,11-13H2,1-3H3,(H,24,28). The number of aryl methyl sites for hydroxylation is 1. The van der Waals surface area contributed by atoms with E-state index in [1.54, 1.807) is 25.1 Å². The van der Waals surface area contributed by atoms with E-state index in [2.05, 4.69) is 15.5 Å². The summed E-state index contributed by atoms with van der Waals surface area (Å²) in [5.41, 5.74) is 0.462. The molecule has 1 amide bonds. The molecular weight excluding hydrogens is 470 g/mol. The van der Waals surface area contributed by atoms with Gasteiger partial charge in [-0.3, -0.25) is 9.69 Å². The van der Waals surface area contributed by atoms with Crippen LogP contribution in [0.15, 0.2) is 22.7 Å². The average molecular weight is 498 g/mol. The molecule has 2 aliphatic rings. The number of nitrogens with one attached hydrogen (secondary N) is 1. The summed E-state index contributed by atoms with van der Waals surface area (Å²) in [5, 5.41) is 7.21. The number of ether oxygens (including phenoxy) is 1. The lowest BCUT2D eigenvalue weighted by Crippen LogP contribution is -2.44. The number of nitrogens with zero attached hydrogens (tertiary/aromatic N) is 4. The van der Waals surface area contributed by atoms with E-state index in [4.69, 9.17) is 20.9 Å². The van der Waals surface area contributed by atoms with Crippen molar-refractivity contribution < 1.29 is 22.5 Å². The SMILES string of the molecule is COc1ccc(NC(=O)CN2CC3(CCN(S(C)(=O)=O)CC3)CC2c2nc(C)no2)cc1Cl. The molecule has 1 N–H and O–H groups in total. The number of hydrogen-bond donors (Lipinski definition) is 1. The van der Waals surface area contributed by atoms with Gasteiger partial charge in [0, 0.05) is 25.3 Å². The van der Waals surface area contributed by atoms with Crippen LogP contribution in [-0.2, 0) is 14.8 Å². The highest BCUT2D eigenvalue weighted by Gasteiger charge is 2.49. The minimum Gasteiger partial charge on any atom is -0.495 e. The van der Waals surface area contributed by atoms with Crippen LogP contribution in [0.5, 0.6) is 5.75 Å². The first kappa shape index (κ1) is 23.9. The van der Waals surface area contributed by atoms with Gasteiger partial charge in [-0.2, -0.15) is 4.98 Å². The smallest absolute Gasteiger partial charge is 0.244 e. The molecule has 2 fully saturated rings. The number of benzene rings is 1. The molecule has 1 unspecified atom stereocenters. The predicted octanol–water partition coefficient (Wildman–Crippen LogP) is 2.47. The largest absolute Gasteiger partial charge is 0.495 e. The van der Waals surface area contributed by atoms with Crippen LogP contribution in [-0.4, -0.2) is 73.2 Å². The highest BCUT2D eigenvalue weighted by atomic mass is 35.5. The molecule has 0 aliphatic carbocycles. The van der Waals surface area contributed by atoms with E-state index < -0.39 is 10.0 Å². The van der Waals surface area contributed by atoms with Crippen LogP contribution in [0, 0.1) is 12.3 Å². The van der Waals surface area contributed by atoms with Crippen LogP contribution in [0.4, 0.5) is 5.69 Å². The number of halogens is 1. The van der Waals surface area contributed by atoms with E-state index in [1.807, 2.05) is 4.90 Å². The quantitative estimate of drug-likeness (QED) is 0.646. The molecular formula is C21H28ClN5O5S. The molecule has 4 rings (SSSR count). The summed E-state index contributed by atoms with van der Waals surface area (Å²) in [7, 11) is -1.68. The van der Waals surface area contributed by atoms with Gasteiger partial charge in [-0.05, 0) is 49.8 Å². The number of sulfonamides is 1. The highest BCUT2D eigenvalue weighted by molar-refractivity contribution is 7.88.